The molecule has 0 aliphatic heterocycles. The Balaban J connectivity index is 1.43. The number of carbonyl (C=O) groups excluding carboxylic acids is 2. The Kier molecular flexibility index (Phi) is 13.2. The van der Waals surface area contributed by atoms with Crippen molar-refractivity contribution in [1.29, 1.82) is 0 Å². The zero-order valence-corrected chi connectivity index (χ0v) is 32.3. The van der Waals surface area contributed by atoms with Crippen LogP contribution in [-0.4, -0.2) is 50.8 Å². The van der Waals surface area contributed by atoms with Gasteiger partial charge >= 0.3 is 24.3 Å². The molecule has 0 heterocycles. The van der Waals surface area contributed by atoms with Crippen molar-refractivity contribution in [1.82, 2.24) is 4.90 Å². The lowest BCUT2D eigenvalue weighted by Crippen LogP contribution is -2.47. The highest BCUT2D eigenvalue weighted by Gasteiger charge is 2.42. The van der Waals surface area contributed by atoms with Gasteiger partial charge in [0.15, 0.2) is 12.1 Å². The quantitative estimate of drug-likeness (QED) is 0.0554. The maximum atomic E-state index is 14.3. The van der Waals surface area contributed by atoms with Crippen LogP contribution in [0.3, 0.4) is 0 Å². The first-order valence-corrected chi connectivity index (χ1v) is 20.7. The predicted octanol–water partition coefficient (Wildman–Crippen LogP) is 10.9. The summed E-state index contributed by atoms with van der Waals surface area (Å²) in [6.45, 7) is 0. The van der Waals surface area contributed by atoms with Gasteiger partial charge in [-0.05, 0) is 73.2 Å². The monoisotopic (exact) mass is 844 g/mol. The Morgan fingerprint density at radius 3 is 1.53 bits per heavy atom. The van der Waals surface area contributed by atoms with Gasteiger partial charge in [0.05, 0.1) is 16.8 Å². The highest BCUT2D eigenvalue weighted by Crippen LogP contribution is 2.49. The number of amides is 1. The molecule has 0 saturated heterocycles. The minimum atomic E-state index is -4.95. The molecule has 2 N–H and O–H groups in total. The molecule has 1 amide bonds. The van der Waals surface area contributed by atoms with Crippen LogP contribution in [0.25, 0.3) is 0 Å². The van der Waals surface area contributed by atoms with Crippen molar-refractivity contribution in [3.05, 3.63) is 125 Å². The van der Waals surface area contributed by atoms with Crippen molar-refractivity contribution in [3.8, 4) is 0 Å². The van der Waals surface area contributed by atoms with Gasteiger partial charge in [0.1, 0.15) is 0 Å². The number of Topliss-reactive ketones (excluding diaryl/α,β-unsaturated/α-hetero) is 1. The van der Waals surface area contributed by atoms with Gasteiger partial charge in [-0.1, -0.05) is 108 Å². The summed E-state index contributed by atoms with van der Waals surface area (Å²) < 4.78 is 85.2. The van der Waals surface area contributed by atoms with Crippen LogP contribution in [0, 0.1) is 0 Å². The molecule has 306 valence electrons. The number of carbonyl (C=O) groups is 4. The molecular formula is C42H38F6N2O6S2. The molecule has 4 aromatic carbocycles. The molecule has 2 saturated carbocycles. The lowest BCUT2D eigenvalue weighted by molar-refractivity contribution is -0.150. The van der Waals surface area contributed by atoms with Crippen LogP contribution in [0.4, 0.5) is 32.0 Å². The Bertz CT molecular complexity index is 2120. The lowest BCUT2D eigenvalue weighted by Gasteiger charge is -2.38. The second-order valence-electron chi connectivity index (χ2n) is 14.2. The lowest BCUT2D eigenvalue weighted by atomic mass is 9.99. The van der Waals surface area contributed by atoms with Crippen LogP contribution >= 0.6 is 21.6 Å². The van der Waals surface area contributed by atoms with Crippen molar-refractivity contribution < 1.29 is 55.7 Å². The third-order valence-electron chi connectivity index (χ3n) is 10.5. The van der Waals surface area contributed by atoms with Gasteiger partial charge in [0.2, 0.25) is 0 Å². The third-order valence-corrected chi connectivity index (χ3v) is 12.9. The molecule has 0 unspecified atom stereocenters. The van der Waals surface area contributed by atoms with Crippen molar-refractivity contribution in [2.45, 2.75) is 97.7 Å². The SMILES string of the molecule is O=C(C(=O)N(C1CCCC1)[C@H](C(=O)O)c1ccccc1)c1cc(C(F)(F)F)ccc1SSc1ccc(C(F)(F)F)cc1N(C1CCCC1)[C@H](C(=O)O)c1ccccc1. The Labute approximate surface area is 338 Å². The largest absolute Gasteiger partial charge is 0.479 e. The maximum absolute atomic E-state index is 14.3. The van der Waals surface area contributed by atoms with E-state index in [2.05, 4.69) is 0 Å². The fourth-order valence-corrected chi connectivity index (χ4v) is 10.1. The molecule has 0 aromatic heterocycles. The fourth-order valence-electron chi connectivity index (χ4n) is 7.76. The number of carboxylic acid groups (broad SMARTS) is 2. The number of halogens is 6. The molecule has 2 atom stereocenters. The number of hydrogen-bond acceptors (Lipinski definition) is 7. The predicted molar refractivity (Wildman–Crippen MR) is 206 cm³/mol. The van der Waals surface area contributed by atoms with Gasteiger partial charge in [-0.25, -0.2) is 9.59 Å². The number of ketones is 1. The van der Waals surface area contributed by atoms with E-state index in [0.29, 0.717) is 79.9 Å². The van der Waals surface area contributed by atoms with E-state index >= 15 is 0 Å². The van der Waals surface area contributed by atoms with E-state index in [-0.39, 0.29) is 21.0 Å². The number of hydrogen-bond donors (Lipinski definition) is 2. The number of rotatable bonds is 14. The first-order valence-electron chi connectivity index (χ1n) is 18.5. The molecular weight excluding hydrogens is 807 g/mol. The average molecular weight is 845 g/mol. The summed E-state index contributed by atoms with van der Waals surface area (Å²) in [5.41, 5.74) is -2.55. The van der Waals surface area contributed by atoms with Crippen LogP contribution in [0.1, 0.15) is 96.1 Å². The Hall–Kier alpha value is -4.96. The number of aliphatic carboxylic acids is 2. The van der Waals surface area contributed by atoms with Crippen molar-refractivity contribution in [2.24, 2.45) is 0 Å². The van der Waals surface area contributed by atoms with E-state index in [1.807, 2.05) is 0 Å². The Morgan fingerprint density at radius 1 is 0.586 bits per heavy atom. The summed E-state index contributed by atoms with van der Waals surface area (Å²) in [7, 11) is 1.50. The van der Waals surface area contributed by atoms with E-state index < -0.39 is 76.8 Å². The van der Waals surface area contributed by atoms with Gasteiger partial charge in [0, 0.05) is 27.4 Å². The molecule has 16 heteroatoms. The van der Waals surface area contributed by atoms with E-state index in [1.54, 1.807) is 48.5 Å². The fraction of sp³-hybridized carbons (Fsp3) is 0.333. The van der Waals surface area contributed by atoms with E-state index in [1.165, 1.54) is 17.0 Å². The number of nitrogens with zero attached hydrogens (tertiary/aromatic N) is 2. The molecule has 2 fully saturated rings. The summed E-state index contributed by atoms with van der Waals surface area (Å²) >= 11 is 0. The molecule has 6 rings (SSSR count). The van der Waals surface area contributed by atoms with E-state index in [9.17, 15) is 55.7 Å². The summed E-state index contributed by atoms with van der Waals surface area (Å²) in [6, 6.07) is 16.6. The minimum absolute atomic E-state index is 0.0779. The molecule has 8 nitrogen and oxygen atoms in total. The topological polar surface area (TPSA) is 115 Å². The van der Waals surface area contributed by atoms with Crippen LogP contribution in [0.5, 0.6) is 0 Å². The van der Waals surface area contributed by atoms with Crippen LogP contribution in [-0.2, 0) is 26.7 Å². The number of benzene rings is 4. The van der Waals surface area contributed by atoms with Gasteiger partial charge < -0.3 is 20.0 Å². The van der Waals surface area contributed by atoms with Gasteiger partial charge in [-0.3, -0.25) is 9.59 Å². The average Bonchev–Trinajstić information content (AvgIpc) is 3.93. The van der Waals surface area contributed by atoms with Crippen LogP contribution in [0.2, 0.25) is 0 Å². The number of alkyl halides is 6. The van der Waals surface area contributed by atoms with Crippen molar-refractivity contribution in [3.63, 3.8) is 0 Å². The summed E-state index contributed by atoms with van der Waals surface area (Å²) in [6.07, 6.45) is -5.39. The highest BCUT2D eigenvalue weighted by molar-refractivity contribution is 8.76. The number of carboxylic acids is 2. The van der Waals surface area contributed by atoms with Crippen molar-refractivity contribution >= 4 is 50.9 Å². The number of anilines is 1. The second-order valence-corrected chi connectivity index (χ2v) is 16.4. The zero-order valence-electron chi connectivity index (χ0n) is 30.7. The maximum Gasteiger partial charge on any atom is 0.416 e. The summed E-state index contributed by atoms with van der Waals surface area (Å²) in [5, 5.41) is 20.9. The smallest absolute Gasteiger partial charge is 0.416 e. The molecule has 0 bridgehead atoms. The standard InChI is InChI=1S/C42H38F6N2O6S2/c43-41(44,45)27-19-21-33(31(23-27)37(51)38(52)50(30-17-9-10-18-30)36(40(55)56)26-13-5-2-6-14-26)57-58-34-22-20-28(42(46,47)48)24-32(34)49(29-15-7-8-16-29)35(39(53)54)25-11-3-1-4-12-25/h1-6,11-14,19-24,29-30,35-36H,7-10,15-18H2,(H,53,54)(H,55,56)/t35-,36-/m0/s1. The third kappa shape index (κ3) is 9.49. The first kappa shape index (κ1) is 42.6. The molecule has 0 radical (unpaired) electrons. The van der Waals surface area contributed by atoms with E-state index in [0.717, 1.165) is 40.0 Å². The minimum Gasteiger partial charge on any atom is -0.479 e. The summed E-state index contributed by atoms with van der Waals surface area (Å²) in [5.74, 6) is -5.46. The van der Waals surface area contributed by atoms with E-state index in [4.69, 9.17) is 0 Å². The van der Waals surface area contributed by atoms with Crippen LogP contribution < -0.4 is 4.90 Å². The Morgan fingerprint density at radius 2 is 1.03 bits per heavy atom. The molecule has 4 aromatic rings. The zero-order chi connectivity index (χ0) is 41.8. The second kappa shape index (κ2) is 17.9. The van der Waals surface area contributed by atoms with Gasteiger partial charge in [-0.15, -0.1) is 0 Å². The van der Waals surface area contributed by atoms with Gasteiger partial charge in [0.25, 0.3) is 11.7 Å². The summed E-state index contributed by atoms with van der Waals surface area (Å²) in [4.78, 5) is 56.7. The highest BCUT2D eigenvalue weighted by atomic mass is 33.1. The molecule has 2 aliphatic carbocycles. The molecule has 2 aliphatic rings. The molecule has 58 heavy (non-hydrogen) atoms. The molecule has 0 spiro atoms. The normalized spacial score (nSPS) is 16.2. The first-order chi connectivity index (χ1) is 27.6. The van der Waals surface area contributed by atoms with Crippen LogP contribution in [0.15, 0.2) is 107 Å². The van der Waals surface area contributed by atoms with Crippen molar-refractivity contribution in [2.75, 3.05) is 4.90 Å². The van der Waals surface area contributed by atoms with Gasteiger partial charge in [-0.2, -0.15) is 26.3 Å².